The van der Waals surface area contributed by atoms with Crippen LogP contribution in [0.4, 0.5) is 0 Å². The van der Waals surface area contributed by atoms with Crippen molar-refractivity contribution in [1.29, 1.82) is 0 Å². The van der Waals surface area contributed by atoms with Gasteiger partial charge in [0, 0.05) is 12.1 Å². The minimum Gasteiger partial charge on any atom is -0.394 e. The molecule has 0 amide bonds. The molecule has 0 aromatic rings. The van der Waals surface area contributed by atoms with Crippen molar-refractivity contribution in [1.82, 2.24) is 5.32 Å². The lowest BCUT2D eigenvalue weighted by atomic mass is 9.80. The van der Waals surface area contributed by atoms with Crippen LogP contribution in [0.1, 0.15) is 51.9 Å². The number of rotatable bonds is 7. The third kappa shape index (κ3) is 3.94. The maximum atomic E-state index is 9.66. The molecule has 2 unspecified atom stereocenters. The lowest BCUT2D eigenvalue weighted by Crippen LogP contribution is -2.53. The minimum absolute atomic E-state index is 0.0670. The summed E-state index contributed by atoms with van der Waals surface area (Å²) in [6, 6.07) is 0. The van der Waals surface area contributed by atoms with Crippen molar-refractivity contribution in [2.75, 3.05) is 19.8 Å². The zero-order valence-electron chi connectivity index (χ0n) is 11.1. The largest absolute Gasteiger partial charge is 0.394 e. The summed E-state index contributed by atoms with van der Waals surface area (Å²) >= 11 is 0. The van der Waals surface area contributed by atoms with Gasteiger partial charge in [-0.2, -0.15) is 0 Å². The first-order chi connectivity index (χ1) is 8.28. The van der Waals surface area contributed by atoms with Gasteiger partial charge in [-0.15, -0.1) is 0 Å². The molecule has 0 aromatic heterocycles. The molecule has 3 heteroatoms. The zero-order chi connectivity index (χ0) is 12.1. The fourth-order valence-corrected chi connectivity index (χ4v) is 2.76. The van der Waals surface area contributed by atoms with Crippen molar-refractivity contribution in [2.24, 2.45) is 5.92 Å². The Morgan fingerprint density at radius 1 is 1.35 bits per heavy atom. The Hall–Kier alpha value is -0.120. The van der Waals surface area contributed by atoms with E-state index in [0.717, 1.165) is 38.3 Å². The molecule has 0 bridgehead atoms. The molecule has 2 aliphatic carbocycles. The van der Waals surface area contributed by atoms with Gasteiger partial charge in [0.2, 0.25) is 0 Å². The van der Waals surface area contributed by atoms with Gasteiger partial charge in [0.05, 0.1) is 12.7 Å². The second kappa shape index (κ2) is 6.17. The fourth-order valence-electron chi connectivity index (χ4n) is 2.76. The van der Waals surface area contributed by atoms with Gasteiger partial charge in [0.15, 0.2) is 0 Å². The van der Waals surface area contributed by atoms with Crippen LogP contribution in [0.15, 0.2) is 0 Å². The van der Waals surface area contributed by atoms with Crippen LogP contribution in [-0.4, -0.2) is 36.5 Å². The lowest BCUT2D eigenvalue weighted by molar-refractivity contribution is -0.0196. The van der Waals surface area contributed by atoms with Gasteiger partial charge in [-0.1, -0.05) is 6.92 Å². The van der Waals surface area contributed by atoms with Crippen LogP contribution in [0.25, 0.3) is 0 Å². The zero-order valence-corrected chi connectivity index (χ0v) is 11.1. The standard InChI is InChI=1S/C14H27NO2/c1-2-8-15-14(11-16)7-3-4-13(9-14)17-10-12-5-6-12/h12-13,15-16H,2-11H2,1H3. The van der Waals surface area contributed by atoms with Gasteiger partial charge < -0.3 is 15.2 Å². The van der Waals surface area contributed by atoms with Crippen LogP contribution >= 0.6 is 0 Å². The SMILES string of the molecule is CCCNC1(CO)CCCC(OCC2CC2)C1. The number of aliphatic hydroxyl groups excluding tert-OH is 1. The molecule has 0 radical (unpaired) electrons. The van der Waals surface area contributed by atoms with Crippen molar-refractivity contribution >= 4 is 0 Å². The van der Waals surface area contributed by atoms with Crippen molar-refractivity contribution in [3.8, 4) is 0 Å². The molecule has 2 rings (SSSR count). The summed E-state index contributed by atoms with van der Waals surface area (Å²) in [5.74, 6) is 0.837. The molecular formula is C14H27NO2. The maximum absolute atomic E-state index is 9.66. The molecule has 2 N–H and O–H groups in total. The second-order valence-electron chi connectivity index (χ2n) is 5.86. The highest BCUT2D eigenvalue weighted by molar-refractivity contribution is 4.94. The van der Waals surface area contributed by atoms with E-state index in [4.69, 9.17) is 4.74 Å². The summed E-state index contributed by atoms with van der Waals surface area (Å²) in [7, 11) is 0. The van der Waals surface area contributed by atoms with Crippen LogP contribution in [0.2, 0.25) is 0 Å². The molecule has 0 aromatic carbocycles. The molecule has 2 fully saturated rings. The Balaban J connectivity index is 1.79. The van der Waals surface area contributed by atoms with Crippen molar-refractivity contribution in [3.63, 3.8) is 0 Å². The Kier molecular flexibility index (Phi) is 4.83. The summed E-state index contributed by atoms with van der Waals surface area (Å²) in [5, 5.41) is 13.2. The molecule has 0 heterocycles. The van der Waals surface area contributed by atoms with Gasteiger partial charge in [-0.05, 0) is 57.4 Å². The molecule has 2 atom stereocenters. The van der Waals surface area contributed by atoms with Crippen LogP contribution in [-0.2, 0) is 4.74 Å². The summed E-state index contributed by atoms with van der Waals surface area (Å²) in [6.45, 7) is 4.36. The van der Waals surface area contributed by atoms with E-state index in [0.29, 0.717) is 6.10 Å². The average molecular weight is 241 g/mol. The van der Waals surface area contributed by atoms with Crippen molar-refractivity contribution in [2.45, 2.75) is 63.5 Å². The van der Waals surface area contributed by atoms with E-state index in [1.165, 1.54) is 25.7 Å². The normalized spacial score (nSPS) is 33.9. The first-order valence-corrected chi connectivity index (χ1v) is 7.25. The smallest absolute Gasteiger partial charge is 0.0614 e. The molecular weight excluding hydrogens is 214 g/mol. The van der Waals surface area contributed by atoms with Crippen molar-refractivity contribution in [3.05, 3.63) is 0 Å². The second-order valence-corrected chi connectivity index (χ2v) is 5.86. The maximum Gasteiger partial charge on any atom is 0.0614 e. The van der Waals surface area contributed by atoms with Crippen LogP contribution in [0.5, 0.6) is 0 Å². The van der Waals surface area contributed by atoms with E-state index in [2.05, 4.69) is 12.2 Å². The molecule has 17 heavy (non-hydrogen) atoms. The lowest BCUT2D eigenvalue weighted by Gasteiger charge is -2.40. The van der Waals surface area contributed by atoms with Gasteiger partial charge in [0.1, 0.15) is 0 Å². The van der Waals surface area contributed by atoms with Crippen molar-refractivity contribution < 1.29 is 9.84 Å². The molecule has 2 saturated carbocycles. The summed E-state index contributed by atoms with van der Waals surface area (Å²) in [6.07, 6.45) is 8.60. The molecule has 0 spiro atoms. The highest BCUT2D eigenvalue weighted by Crippen LogP contribution is 2.33. The van der Waals surface area contributed by atoms with Crippen LogP contribution in [0, 0.1) is 5.92 Å². The number of hydrogen-bond acceptors (Lipinski definition) is 3. The molecule has 100 valence electrons. The quantitative estimate of drug-likeness (QED) is 0.717. The first kappa shape index (κ1) is 13.3. The first-order valence-electron chi connectivity index (χ1n) is 7.25. The molecule has 0 aliphatic heterocycles. The summed E-state index contributed by atoms with van der Waals surface area (Å²) in [5.41, 5.74) is -0.0670. The number of nitrogens with one attached hydrogen (secondary N) is 1. The summed E-state index contributed by atoms with van der Waals surface area (Å²) in [4.78, 5) is 0. The average Bonchev–Trinajstić information content (AvgIpc) is 3.18. The van der Waals surface area contributed by atoms with Gasteiger partial charge in [-0.3, -0.25) is 0 Å². The highest BCUT2D eigenvalue weighted by Gasteiger charge is 2.36. The van der Waals surface area contributed by atoms with E-state index in [-0.39, 0.29) is 12.1 Å². The minimum atomic E-state index is -0.0670. The number of aliphatic hydroxyl groups is 1. The topological polar surface area (TPSA) is 41.5 Å². The Morgan fingerprint density at radius 2 is 2.18 bits per heavy atom. The highest BCUT2D eigenvalue weighted by atomic mass is 16.5. The van der Waals surface area contributed by atoms with E-state index in [1.807, 2.05) is 0 Å². The molecule has 2 aliphatic rings. The predicted octanol–water partition coefficient (Wildman–Crippen LogP) is 2.09. The molecule has 3 nitrogen and oxygen atoms in total. The van der Waals surface area contributed by atoms with Crippen LogP contribution in [0.3, 0.4) is 0 Å². The third-order valence-electron chi connectivity index (χ3n) is 4.12. The van der Waals surface area contributed by atoms with E-state index < -0.39 is 0 Å². The predicted molar refractivity (Wildman–Crippen MR) is 69.0 cm³/mol. The fraction of sp³-hybridized carbons (Fsp3) is 1.00. The van der Waals surface area contributed by atoms with E-state index >= 15 is 0 Å². The monoisotopic (exact) mass is 241 g/mol. The van der Waals surface area contributed by atoms with Gasteiger partial charge in [0.25, 0.3) is 0 Å². The Morgan fingerprint density at radius 3 is 2.82 bits per heavy atom. The number of hydrogen-bond donors (Lipinski definition) is 2. The molecule has 0 saturated heterocycles. The Labute approximate surface area is 105 Å². The summed E-state index contributed by atoms with van der Waals surface area (Å²) < 4.78 is 5.99. The van der Waals surface area contributed by atoms with Crippen LogP contribution < -0.4 is 5.32 Å². The van der Waals surface area contributed by atoms with E-state index in [1.54, 1.807) is 0 Å². The number of ether oxygens (including phenoxy) is 1. The van der Waals surface area contributed by atoms with Gasteiger partial charge in [-0.25, -0.2) is 0 Å². The van der Waals surface area contributed by atoms with E-state index in [9.17, 15) is 5.11 Å². The van der Waals surface area contributed by atoms with Gasteiger partial charge >= 0.3 is 0 Å². The third-order valence-corrected chi connectivity index (χ3v) is 4.12. The Bertz CT molecular complexity index is 230.